The lowest BCUT2D eigenvalue weighted by Gasteiger charge is -2.13. The van der Waals surface area contributed by atoms with Crippen molar-refractivity contribution in [2.24, 2.45) is 7.05 Å². The van der Waals surface area contributed by atoms with Crippen molar-refractivity contribution >= 4 is 22.5 Å². The number of phenols is 1. The smallest absolute Gasteiger partial charge is 0.264 e. The molecule has 3 aromatic heterocycles. The van der Waals surface area contributed by atoms with E-state index in [-0.39, 0.29) is 11.3 Å². The molecule has 9 heteroatoms. The standard InChI is InChI=1S/C22H22N6O3/c1-23-19-7-4-13(10-24-19)11-25-21-20-16(26-12-28(2)22(20)30)9-15(27-21)14-5-6-17(29)18(8-14)31-3/h4-10,12,29H,11H2,1-3H3,(H,23,24)(H,25,27). The van der Waals surface area contributed by atoms with Crippen molar-refractivity contribution in [3.63, 3.8) is 0 Å². The van der Waals surface area contributed by atoms with Crippen LogP contribution in [0, 0.1) is 0 Å². The summed E-state index contributed by atoms with van der Waals surface area (Å²) in [6.07, 6.45) is 3.24. The van der Waals surface area contributed by atoms with Gasteiger partial charge in [-0.25, -0.2) is 15.0 Å². The predicted molar refractivity (Wildman–Crippen MR) is 120 cm³/mol. The Morgan fingerprint density at radius 1 is 1.16 bits per heavy atom. The van der Waals surface area contributed by atoms with Gasteiger partial charge >= 0.3 is 0 Å². The third-order valence-corrected chi connectivity index (χ3v) is 4.92. The number of phenolic OH excluding ortho intramolecular Hbond substituents is 1. The Bertz CT molecular complexity index is 1300. The van der Waals surface area contributed by atoms with Crippen molar-refractivity contribution in [1.29, 1.82) is 0 Å². The molecule has 0 radical (unpaired) electrons. The lowest BCUT2D eigenvalue weighted by Crippen LogP contribution is -2.19. The Labute approximate surface area is 178 Å². The zero-order chi connectivity index (χ0) is 22.0. The monoisotopic (exact) mass is 418 g/mol. The third-order valence-electron chi connectivity index (χ3n) is 4.92. The van der Waals surface area contributed by atoms with Gasteiger partial charge in [-0.2, -0.15) is 0 Å². The molecule has 1 aromatic carbocycles. The van der Waals surface area contributed by atoms with Crippen molar-refractivity contribution in [3.05, 3.63) is 64.8 Å². The van der Waals surface area contributed by atoms with Gasteiger partial charge in [0.2, 0.25) is 0 Å². The highest BCUT2D eigenvalue weighted by molar-refractivity contribution is 5.91. The highest BCUT2D eigenvalue weighted by Gasteiger charge is 2.14. The number of anilines is 2. The van der Waals surface area contributed by atoms with E-state index in [2.05, 4.69) is 20.6 Å². The second-order valence-corrected chi connectivity index (χ2v) is 6.95. The van der Waals surface area contributed by atoms with Gasteiger partial charge in [0.25, 0.3) is 5.56 Å². The molecule has 3 N–H and O–H groups in total. The van der Waals surface area contributed by atoms with E-state index in [4.69, 9.17) is 9.72 Å². The number of aryl methyl sites for hydroxylation is 1. The van der Waals surface area contributed by atoms with E-state index >= 15 is 0 Å². The number of ether oxygens (including phenoxy) is 1. The molecule has 31 heavy (non-hydrogen) atoms. The molecule has 0 saturated carbocycles. The fourth-order valence-electron chi connectivity index (χ4n) is 3.20. The summed E-state index contributed by atoms with van der Waals surface area (Å²) in [5.41, 5.74) is 2.58. The van der Waals surface area contributed by atoms with Crippen LogP contribution in [0.4, 0.5) is 11.6 Å². The van der Waals surface area contributed by atoms with Gasteiger partial charge in [0.05, 0.1) is 24.6 Å². The number of fused-ring (bicyclic) bond motifs is 1. The lowest BCUT2D eigenvalue weighted by atomic mass is 10.1. The van der Waals surface area contributed by atoms with Gasteiger partial charge in [-0.3, -0.25) is 4.79 Å². The number of aromatic nitrogens is 4. The second-order valence-electron chi connectivity index (χ2n) is 6.95. The van der Waals surface area contributed by atoms with E-state index in [0.29, 0.717) is 34.7 Å². The zero-order valence-electron chi connectivity index (χ0n) is 17.4. The Balaban J connectivity index is 1.79. The van der Waals surface area contributed by atoms with Crippen LogP contribution in [0.3, 0.4) is 0 Å². The number of hydrogen-bond acceptors (Lipinski definition) is 8. The average Bonchev–Trinajstić information content (AvgIpc) is 2.80. The molecule has 158 valence electrons. The average molecular weight is 418 g/mol. The highest BCUT2D eigenvalue weighted by atomic mass is 16.5. The maximum absolute atomic E-state index is 12.8. The summed E-state index contributed by atoms with van der Waals surface area (Å²) in [4.78, 5) is 26.2. The first-order valence-corrected chi connectivity index (χ1v) is 9.60. The van der Waals surface area contributed by atoms with Crippen LogP contribution >= 0.6 is 0 Å². The van der Waals surface area contributed by atoms with Crippen LogP contribution in [0.25, 0.3) is 22.2 Å². The maximum Gasteiger partial charge on any atom is 0.264 e. The maximum atomic E-state index is 12.8. The van der Waals surface area contributed by atoms with E-state index in [1.807, 2.05) is 19.2 Å². The SMILES string of the molecule is CNc1ccc(CNc2nc(-c3ccc(O)c(OC)c3)cc3ncn(C)c(=O)c23)cn1. The third kappa shape index (κ3) is 3.97. The van der Waals surface area contributed by atoms with Crippen LogP contribution in [0.2, 0.25) is 0 Å². The van der Waals surface area contributed by atoms with Gasteiger partial charge in [0.1, 0.15) is 17.0 Å². The summed E-state index contributed by atoms with van der Waals surface area (Å²) >= 11 is 0. The number of benzene rings is 1. The summed E-state index contributed by atoms with van der Waals surface area (Å²) in [5, 5.41) is 16.5. The van der Waals surface area contributed by atoms with Crippen LogP contribution in [0.15, 0.2) is 53.7 Å². The Morgan fingerprint density at radius 3 is 2.71 bits per heavy atom. The molecule has 0 unspecified atom stereocenters. The molecule has 0 fully saturated rings. The first kappa shape index (κ1) is 20.1. The first-order valence-electron chi connectivity index (χ1n) is 9.60. The van der Waals surface area contributed by atoms with Gasteiger partial charge in [-0.15, -0.1) is 0 Å². The minimum atomic E-state index is -0.196. The minimum Gasteiger partial charge on any atom is -0.504 e. The molecule has 0 atom stereocenters. The molecule has 0 aliphatic rings. The van der Waals surface area contributed by atoms with Crippen LogP contribution in [-0.4, -0.2) is 38.8 Å². The molecule has 4 aromatic rings. The topological polar surface area (TPSA) is 114 Å². The molecule has 0 amide bonds. The molecule has 9 nitrogen and oxygen atoms in total. The van der Waals surface area contributed by atoms with Crippen molar-refractivity contribution in [1.82, 2.24) is 19.5 Å². The van der Waals surface area contributed by atoms with Crippen LogP contribution in [0.5, 0.6) is 11.5 Å². The van der Waals surface area contributed by atoms with Crippen molar-refractivity contribution in [2.75, 3.05) is 24.8 Å². The summed E-state index contributed by atoms with van der Waals surface area (Å²) in [6, 6.07) is 10.5. The molecular weight excluding hydrogens is 396 g/mol. The van der Waals surface area contributed by atoms with Gasteiger partial charge in [0.15, 0.2) is 11.5 Å². The van der Waals surface area contributed by atoms with Crippen LogP contribution in [-0.2, 0) is 13.6 Å². The van der Waals surface area contributed by atoms with Crippen LogP contribution < -0.4 is 20.9 Å². The molecule has 0 aliphatic carbocycles. The fourth-order valence-corrected chi connectivity index (χ4v) is 3.20. The number of pyridine rings is 2. The molecule has 0 bridgehead atoms. The quantitative estimate of drug-likeness (QED) is 0.438. The summed E-state index contributed by atoms with van der Waals surface area (Å²) in [7, 11) is 4.94. The second kappa shape index (κ2) is 8.31. The molecule has 4 rings (SSSR count). The first-order chi connectivity index (χ1) is 15.0. The lowest BCUT2D eigenvalue weighted by molar-refractivity contribution is 0.373. The van der Waals surface area contributed by atoms with E-state index < -0.39 is 0 Å². The Kier molecular flexibility index (Phi) is 5.40. The van der Waals surface area contributed by atoms with Crippen molar-refractivity contribution in [3.8, 4) is 22.8 Å². The van der Waals surface area contributed by atoms with Gasteiger partial charge in [-0.05, 0) is 35.9 Å². The normalized spacial score (nSPS) is 10.8. The number of nitrogens with one attached hydrogen (secondary N) is 2. The van der Waals surface area contributed by atoms with Gasteiger partial charge in [0, 0.05) is 32.4 Å². The van der Waals surface area contributed by atoms with Gasteiger partial charge < -0.3 is 25.0 Å². The summed E-state index contributed by atoms with van der Waals surface area (Å²) < 4.78 is 6.63. The molecular formula is C22H22N6O3. The van der Waals surface area contributed by atoms with Crippen molar-refractivity contribution < 1.29 is 9.84 Å². The van der Waals surface area contributed by atoms with E-state index in [1.165, 1.54) is 18.0 Å². The predicted octanol–water partition coefficient (Wildman–Crippen LogP) is 2.76. The Morgan fingerprint density at radius 2 is 2.00 bits per heavy atom. The highest BCUT2D eigenvalue weighted by Crippen LogP contribution is 2.32. The molecule has 3 heterocycles. The molecule has 0 saturated heterocycles. The molecule has 0 aliphatic heterocycles. The Hall–Kier alpha value is -4.14. The van der Waals surface area contributed by atoms with E-state index in [9.17, 15) is 9.90 Å². The number of nitrogens with zero attached hydrogens (tertiary/aromatic N) is 4. The number of hydrogen-bond donors (Lipinski definition) is 3. The molecule has 0 spiro atoms. The van der Waals surface area contributed by atoms with Crippen molar-refractivity contribution in [2.45, 2.75) is 6.54 Å². The fraction of sp³-hybridized carbons (Fsp3) is 0.182. The largest absolute Gasteiger partial charge is 0.504 e. The van der Waals surface area contributed by atoms with E-state index in [1.54, 1.807) is 37.5 Å². The van der Waals surface area contributed by atoms with Crippen LogP contribution in [0.1, 0.15) is 5.56 Å². The zero-order valence-corrected chi connectivity index (χ0v) is 17.4. The number of rotatable bonds is 6. The number of methoxy groups -OCH3 is 1. The minimum absolute atomic E-state index is 0.0369. The van der Waals surface area contributed by atoms with E-state index in [0.717, 1.165) is 16.9 Å². The number of aromatic hydroxyl groups is 1. The van der Waals surface area contributed by atoms with Gasteiger partial charge in [-0.1, -0.05) is 6.07 Å². The summed E-state index contributed by atoms with van der Waals surface area (Å²) in [6.45, 7) is 0.430. The summed E-state index contributed by atoms with van der Waals surface area (Å²) in [5.74, 6) is 1.57.